The molecule has 0 saturated heterocycles. The molecule has 2 heteroatoms. The number of hydrogen-bond acceptors (Lipinski definition) is 1. The number of benzene rings is 11. The molecule has 290 valence electrons. The number of nitrogens with zero attached hydrogens (tertiary/aromatic N) is 2. The fraction of sp³-hybridized carbons (Fsp3) is 0. The van der Waals surface area contributed by atoms with E-state index in [1.54, 1.807) is 0 Å². The summed E-state index contributed by atoms with van der Waals surface area (Å²) in [6.45, 7) is 0. The minimum atomic E-state index is 1.09. The molecule has 0 fully saturated rings. The van der Waals surface area contributed by atoms with Gasteiger partial charge in [-0.3, -0.25) is 0 Å². The van der Waals surface area contributed by atoms with E-state index >= 15 is 0 Å². The fourth-order valence-electron chi connectivity index (χ4n) is 9.73. The van der Waals surface area contributed by atoms with Crippen LogP contribution in [0.1, 0.15) is 0 Å². The van der Waals surface area contributed by atoms with Crippen LogP contribution in [0.15, 0.2) is 243 Å². The van der Waals surface area contributed by atoms with Crippen LogP contribution in [0.25, 0.3) is 93.2 Å². The number of aromatic nitrogens is 1. The third-order valence-electron chi connectivity index (χ3n) is 12.5. The summed E-state index contributed by atoms with van der Waals surface area (Å²) in [5, 5.41) is 9.80. The Morgan fingerprint density at radius 1 is 0.274 bits per heavy atom. The van der Waals surface area contributed by atoms with Gasteiger partial charge < -0.3 is 9.47 Å². The van der Waals surface area contributed by atoms with Gasteiger partial charge in [0.2, 0.25) is 0 Å². The van der Waals surface area contributed by atoms with E-state index in [-0.39, 0.29) is 0 Å². The highest BCUT2D eigenvalue weighted by Gasteiger charge is 2.21. The minimum absolute atomic E-state index is 1.09. The molecule has 0 unspecified atom stereocenters. The Morgan fingerprint density at radius 3 is 1.31 bits per heavy atom. The summed E-state index contributed by atoms with van der Waals surface area (Å²) >= 11 is 0. The molecular weight excluding hydrogens is 749 g/mol. The summed E-state index contributed by atoms with van der Waals surface area (Å²) in [5.74, 6) is 0. The van der Waals surface area contributed by atoms with Crippen molar-refractivity contribution >= 4 is 71.2 Å². The van der Waals surface area contributed by atoms with Crippen LogP contribution in [0.2, 0.25) is 0 Å². The molecule has 0 radical (unpaired) electrons. The normalized spacial score (nSPS) is 11.5. The molecule has 1 aromatic heterocycles. The molecule has 0 atom stereocenters. The summed E-state index contributed by atoms with van der Waals surface area (Å²) in [6, 6.07) is 88.7. The molecule has 0 aliphatic heterocycles. The number of para-hydroxylation sites is 3. The number of rotatable bonds is 7. The van der Waals surface area contributed by atoms with Gasteiger partial charge in [0.05, 0.1) is 22.4 Å². The van der Waals surface area contributed by atoms with Crippen molar-refractivity contribution in [3.63, 3.8) is 0 Å². The van der Waals surface area contributed by atoms with Crippen molar-refractivity contribution in [1.29, 1.82) is 0 Å². The lowest BCUT2D eigenvalue weighted by molar-refractivity contribution is 1.18. The van der Waals surface area contributed by atoms with Crippen LogP contribution in [0.4, 0.5) is 17.1 Å². The molecule has 11 aromatic carbocycles. The van der Waals surface area contributed by atoms with E-state index in [2.05, 4.69) is 252 Å². The fourth-order valence-corrected chi connectivity index (χ4v) is 9.73. The number of hydrogen-bond donors (Lipinski definition) is 0. The molecule has 0 bridgehead atoms. The van der Waals surface area contributed by atoms with Gasteiger partial charge in [0, 0.05) is 33.1 Å². The van der Waals surface area contributed by atoms with Gasteiger partial charge in [-0.05, 0) is 109 Å². The summed E-state index contributed by atoms with van der Waals surface area (Å²) in [7, 11) is 0. The molecule has 2 nitrogen and oxygen atoms in total. The summed E-state index contributed by atoms with van der Waals surface area (Å²) in [4.78, 5) is 2.47. The lowest BCUT2D eigenvalue weighted by atomic mass is 9.95. The maximum atomic E-state index is 2.47. The topological polar surface area (TPSA) is 8.17 Å². The van der Waals surface area contributed by atoms with E-state index in [0.29, 0.717) is 0 Å². The Morgan fingerprint density at radius 2 is 0.710 bits per heavy atom. The minimum Gasteiger partial charge on any atom is -0.310 e. The van der Waals surface area contributed by atoms with Crippen molar-refractivity contribution < 1.29 is 0 Å². The Hall–Kier alpha value is -8.20. The maximum absolute atomic E-state index is 2.47. The monoisotopic (exact) mass is 788 g/mol. The highest BCUT2D eigenvalue weighted by atomic mass is 15.1. The number of anilines is 3. The van der Waals surface area contributed by atoms with Crippen molar-refractivity contribution in [1.82, 2.24) is 4.57 Å². The lowest BCUT2D eigenvalue weighted by Gasteiger charge is -2.29. The van der Waals surface area contributed by atoms with E-state index in [1.807, 2.05) is 0 Å². The summed E-state index contributed by atoms with van der Waals surface area (Å²) < 4.78 is 2.44. The standard InChI is InChI=1S/C60H40N2/c1-4-26-49-41(17-1)20-15-32-51(49)44-22-13-24-47(38-44)61(48-25-14-23-45(39-48)52-33-16-21-42-18-2-5-27-50(42)52)60-40-46(37-43-19-3-6-28-53(43)60)54-29-7-10-34-57(54)62-58-35-11-8-30-55(58)56-31-9-12-36-59(56)62/h1-40H. The molecule has 12 rings (SSSR count). The smallest absolute Gasteiger partial charge is 0.0546 e. The lowest BCUT2D eigenvalue weighted by Crippen LogP contribution is -2.11. The summed E-state index contributed by atoms with van der Waals surface area (Å²) in [6.07, 6.45) is 0. The molecule has 0 amide bonds. The molecule has 1 heterocycles. The van der Waals surface area contributed by atoms with Crippen molar-refractivity contribution in [3.05, 3.63) is 243 Å². The SMILES string of the molecule is c1cc(-c2cccc3ccccc23)cc(N(c2cccc(-c3cccc4ccccc34)c2)c2cc(-c3ccccc3-n3c4ccccc4c4ccccc43)cc3ccccc23)c1. The van der Waals surface area contributed by atoms with Crippen LogP contribution in [0, 0.1) is 0 Å². The Labute approximate surface area is 360 Å². The first-order chi connectivity index (χ1) is 30.8. The van der Waals surface area contributed by atoms with E-state index in [9.17, 15) is 0 Å². The molecule has 62 heavy (non-hydrogen) atoms. The van der Waals surface area contributed by atoms with E-state index in [1.165, 1.54) is 81.9 Å². The first-order valence-corrected chi connectivity index (χ1v) is 21.3. The molecule has 12 aromatic rings. The van der Waals surface area contributed by atoms with Gasteiger partial charge in [-0.15, -0.1) is 0 Å². The third-order valence-corrected chi connectivity index (χ3v) is 12.5. The van der Waals surface area contributed by atoms with Gasteiger partial charge in [0.25, 0.3) is 0 Å². The van der Waals surface area contributed by atoms with Crippen LogP contribution in [0.5, 0.6) is 0 Å². The quantitative estimate of drug-likeness (QED) is 0.156. The largest absolute Gasteiger partial charge is 0.310 e. The molecule has 0 aliphatic carbocycles. The molecule has 0 N–H and O–H groups in total. The number of fused-ring (bicyclic) bond motifs is 6. The van der Waals surface area contributed by atoms with Crippen LogP contribution >= 0.6 is 0 Å². The maximum Gasteiger partial charge on any atom is 0.0546 e. The van der Waals surface area contributed by atoms with Gasteiger partial charge >= 0.3 is 0 Å². The van der Waals surface area contributed by atoms with E-state index < -0.39 is 0 Å². The molecule has 0 spiro atoms. The highest BCUT2D eigenvalue weighted by molar-refractivity contribution is 6.10. The zero-order valence-electron chi connectivity index (χ0n) is 34.0. The average molecular weight is 789 g/mol. The third kappa shape index (κ3) is 5.96. The summed E-state index contributed by atoms with van der Waals surface area (Å²) in [5.41, 5.74) is 13.9. The first kappa shape index (κ1) is 35.7. The van der Waals surface area contributed by atoms with Crippen LogP contribution in [-0.2, 0) is 0 Å². The predicted molar refractivity (Wildman–Crippen MR) is 264 cm³/mol. The Balaban J connectivity index is 1.11. The van der Waals surface area contributed by atoms with Gasteiger partial charge in [-0.2, -0.15) is 0 Å². The average Bonchev–Trinajstić information content (AvgIpc) is 3.68. The zero-order chi connectivity index (χ0) is 41.0. The predicted octanol–water partition coefficient (Wildman–Crippen LogP) is 16.7. The van der Waals surface area contributed by atoms with Crippen molar-refractivity contribution in [2.75, 3.05) is 4.90 Å². The van der Waals surface area contributed by atoms with Crippen molar-refractivity contribution in [2.24, 2.45) is 0 Å². The Bertz CT molecular complexity index is 3480. The Kier molecular flexibility index (Phi) is 8.53. The molecule has 0 saturated carbocycles. The second-order valence-corrected chi connectivity index (χ2v) is 16.1. The van der Waals surface area contributed by atoms with Crippen molar-refractivity contribution in [2.45, 2.75) is 0 Å². The molecular formula is C60H40N2. The zero-order valence-corrected chi connectivity index (χ0v) is 34.0. The van der Waals surface area contributed by atoms with Gasteiger partial charge in [0.15, 0.2) is 0 Å². The van der Waals surface area contributed by atoms with Gasteiger partial charge in [-0.1, -0.05) is 188 Å². The second kappa shape index (κ2) is 14.8. The molecule has 0 aliphatic rings. The van der Waals surface area contributed by atoms with E-state index in [4.69, 9.17) is 0 Å². The highest BCUT2D eigenvalue weighted by Crippen LogP contribution is 2.45. The first-order valence-electron chi connectivity index (χ1n) is 21.3. The second-order valence-electron chi connectivity index (χ2n) is 16.1. The van der Waals surface area contributed by atoms with Crippen molar-refractivity contribution in [3.8, 4) is 39.1 Å². The van der Waals surface area contributed by atoms with Crippen LogP contribution in [-0.4, -0.2) is 4.57 Å². The van der Waals surface area contributed by atoms with Gasteiger partial charge in [-0.25, -0.2) is 0 Å². The van der Waals surface area contributed by atoms with E-state index in [0.717, 1.165) is 28.3 Å². The van der Waals surface area contributed by atoms with Crippen LogP contribution in [0.3, 0.4) is 0 Å². The van der Waals surface area contributed by atoms with Gasteiger partial charge in [0.1, 0.15) is 0 Å². The van der Waals surface area contributed by atoms with Crippen LogP contribution < -0.4 is 4.90 Å².